The lowest BCUT2D eigenvalue weighted by Crippen LogP contribution is -2.30. The number of hydrogen-bond acceptors (Lipinski definition) is 6. The molecule has 0 bridgehead atoms. The van der Waals surface area contributed by atoms with Gasteiger partial charge in [-0.15, -0.1) is 0 Å². The summed E-state index contributed by atoms with van der Waals surface area (Å²) in [5, 5.41) is 0. The fourth-order valence-electron chi connectivity index (χ4n) is 9.35. The Morgan fingerprint density at radius 3 is 0.840 bits per heavy atom. The second-order valence-corrected chi connectivity index (χ2v) is 21.6. The van der Waals surface area contributed by atoms with Gasteiger partial charge in [-0.05, 0) is 89.9 Å². The van der Waals surface area contributed by atoms with E-state index in [1.54, 1.807) is 0 Å². The minimum absolute atomic E-state index is 0.0864. The number of allylic oxidation sites excluding steroid dienone is 12. The molecule has 0 aromatic rings. The Morgan fingerprint density at radius 2 is 0.520 bits per heavy atom. The Morgan fingerprint density at radius 1 is 0.280 bits per heavy atom. The summed E-state index contributed by atoms with van der Waals surface area (Å²) in [5.74, 6) is -0.904. The van der Waals surface area contributed by atoms with Crippen LogP contribution in [-0.2, 0) is 28.6 Å². The lowest BCUT2D eigenvalue weighted by molar-refractivity contribution is -0.167. The van der Waals surface area contributed by atoms with E-state index >= 15 is 0 Å². The van der Waals surface area contributed by atoms with E-state index in [-0.39, 0.29) is 31.1 Å². The zero-order chi connectivity index (χ0) is 54.3. The molecule has 6 heteroatoms. The average Bonchev–Trinajstić information content (AvgIpc) is 3.41. The van der Waals surface area contributed by atoms with Gasteiger partial charge < -0.3 is 14.2 Å². The molecule has 1 atom stereocenters. The highest BCUT2D eigenvalue weighted by molar-refractivity contribution is 5.71. The van der Waals surface area contributed by atoms with Gasteiger partial charge in [-0.25, -0.2) is 0 Å². The van der Waals surface area contributed by atoms with Crippen molar-refractivity contribution < 1.29 is 28.6 Å². The predicted octanol–water partition coefficient (Wildman–Crippen LogP) is 22.1. The molecule has 0 aromatic carbocycles. The summed E-state index contributed by atoms with van der Waals surface area (Å²) >= 11 is 0. The van der Waals surface area contributed by atoms with Crippen molar-refractivity contribution in [3.63, 3.8) is 0 Å². The van der Waals surface area contributed by atoms with Crippen LogP contribution in [0.3, 0.4) is 0 Å². The third kappa shape index (κ3) is 61.6. The van der Waals surface area contributed by atoms with Crippen LogP contribution in [0.15, 0.2) is 72.9 Å². The molecule has 6 nitrogen and oxygen atoms in total. The lowest BCUT2D eigenvalue weighted by Gasteiger charge is -2.18. The van der Waals surface area contributed by atoms with Gasteiger partial charge in [0.1, 0.15) is 13.2 Å². The minimum atomic E-state index is -0.794. The number of unbranched alkanes of at least 4 members (excludes halogenated alkanes) is 36. The van der Waals surface area contributed by atoms with Gasteiger partial charge in [-0.2, -0.15) is 0 Å². The molecule has 0 saturated carbocycles. The van der Waals surface area contributed by atoms with Crippen molar-refractivity contribution in [1.82, 2.24) is 0 Å². The highest BCUT2D eigenvalue weighted by Crippen LogP contribution is 2.17. The Bertz CT molecular complexity index is 1390. The van der Waals surface area contributed by atoms with E-state index < -0.39 is 6.10 Å². The fourth-order valence-corrected chi connectivity index (χ4v) is 9.35. The summed E-state index contributed by atoms with van der Waals surface area (Å²) in [6, 6.07) is 0. The maximum Gasteiger partial charge on any atom is 0.306 e. The molecule has 0 heterocycles. The van der Waals surface area contributed by atoms with E-state index in [1.807, 2.05) is 0 Å². The fraction of sp³-hybridized carbons (Fsp3) is 0.783. The van der Waals surface area contributed by atoms with Gasteiger partial charge in [0, 0.05) is 19.3 Å². The molecule has 0 aliphatic carbocycles. The van der Waals surface area contributed by atoms with Crippen LogP contribution in [0.1, 0.15) is 329 Å². The maximum atomic E-state index is 12.9. The molecule has 0 fully saturated rings. The molecule has 0 saturated heterocycles. The first kappa shape index (κ1) is 71.8. The summed E-state index contributed by atoms with van der Waals surface area (Å²) < 4.78 is 16.9. The van der Waals surface area contributed by atoms with E-state index in [1.165, 1.54) is 193 Å². The van der Waals surface area contributed by atoms with Gasteiger partial charge in [-0.1, -0.05) is 293 Å². The van der Waals surface area contributed by atoms with Crippen LogP contribution in [-0.4, -0.2) is 37.2 Å². The molecule has 0 aliphatic rings. The Hall–Kier alpha value is -3.15. The standard InChI is InChI=1S/C69H122O6/c1-4-7-10-13-16-19-22-25-28-31-33-34-36-38-41-44-47-50-53-56-59-62-68(71)74-65-66(64-73-67(70)61-58-55-52-49-46-43-40-37-30-27-24-21-18-15-12-9-6-3)75-69(72)63-60-57-54-51-48-45-42-39-35-32-29-26-23-20-17-14-11-8-5-2/h8,11,17,20,26,29,31,33,35,39,45,48,66H,4-7,9-10,12-16,18-19,21-25,27-28,30,32,34,36-38,40-44,46-47,49-65H2,1-3H3/b11-8-,20-17-,29-26-,33-31-,39-35-,48-45-. The largest absolute Gasteiger partial charge is 0.462 e. The van der Waals surface area contributed by atoms with Crippen molar-refractivity contribution in [2.24, 2.45) is 0 Å². The van der Waals surface area contributed by atoms with Crippen molar-refractivity contribution in [2.45, 2.75) is 335 Å². The predicted molar refractivity (Wildman–Crippen MR) is 325 cm³/mol. The normalized spacial score (nSPS) is 12.5. The van der Waals surface area contributed by atoms with Crippen molar-refractivity contribution >= 4 is 17.9 Å². The Labute approximate surface area is 465 Å². The monoisotopic (exact) mass is 1050 g/mol. The van der Waals surface area contributed by atoms with Crippen LogP contribution in [0.25, 0.3) is 0 Å². The minimum Gasteiger partial charge on any atom is -0.462 e. The molecule has 0 N–H and O–H groups in total. The van der Waals surface area contributed by atoms with Gasteiger partial charge in [0.25, 0.3) is 0 Å². The second kappa shape index (κ2) is 63.4. The zero-order valence-corrected chi connectivity index (χ0v) is 49.8. The molecule has 0 amide bonds. The van der Waals surface area contributed by atoms with Gasteiger partial charge in [-0.3, -0.25) is 14.4 Å². The van der Waals surface area contributed by atoms with Crippen LogP contribution in [0.2, 0.25) is 0 Å². The molecule has 0 radical (unpaired) electrons. The van der Waals surface area contributed by atoms with Gasteiger partial charge >= 0.3 is 17.9 Å². The number of carbonyl (C=O) groups is 3. The lowest BCUT2D eigenvalue weighted by atomic mass is 10.0. The van der Waals surface area contributed by atoms with Crippen LogP contribution >= 0.6 is 0 Å². The molecule has 0 aliphatic heterocycles. The first-order valence-corrected chi connectivity index (χ1v) is 32.4. The van der Waals surface area contributed by atoms with Crippen molar-refractivity contribution in [3.8, 4) is 0 Å². The Balaban J connectivity index is 4.40. The zero-order valence-electron chi connectivity index (χ0n) is 49.8. The maximum absolute atomic E-state index is 12.9. The van der Waals surface area contributed by atoms with Gasteiger partial charge in [0.15, 0.2) is 6.10 Å². The van der Waals surface area contributed by atoms with Crippen LogP contribution in [0, 0.1) is 0 Å². The first-order valence-electron chi connectivity index (χ1n) is 32.4. The highest BCUT2D eigenvalue weighted by Gasteiger charge is 2.19. The molecule has 0 aromatic heterocycles. The van der Waals surface area contributed by atoms with Gasteiger partial charge in [0.2, 0.25) is 0 Å². The average molecular weight is 1050 g/mol. The molecule has 0 spiro atoms. The van der Waals surface area contributed by atoms with Crippen molar-refractivity contribution in [1.29, 1.82) is 0 Å². The van der Waals surface area contributed by atoms with Crippen molar-refractivity contribution in [3.05, 3.63) is 72.9 Å². The van der Waals surface area contributed by atoms with E-state index in [0.29, 0.717) is 19.3 Å². The SMILES string of the molecule is CC/C=C\C/C=C\C/C=C\C/C=C\C/C=C\CCCCCC(=O)OC(COC(=O)CCCCCCCCCCC/C=C\CCCCCCCCCC)COC(=O)CCCCCCCCCCCCCCCCCCC. The number of rotatable bonds is 59. The number of esters is 3. The third-order valence-corrected chi connectivity index (χ3v) is 14.2. The van der Waals surface area contributed by atoms with E-state index in [9.17, 15) is 14.4 Å². The molecular weight excluding hydrogens is 925 g/mol. The van der Waals surface area contributed by atoms with E-state index in [0.717, 1.165) is 96.3 Å². The summed E-state index contributed by atoms with van der Waals surface area (Å²) in [6.07, 6.45) is 81.9. The summed E-state index contributed by atoms with van der Waals surface area (Å²) in [5.41, 5.74) is 0. The molecule has 0 rings (SSSR count). The topological polar surface area (TPSA) is 78.9 Å². The highest BCUT2D eigenvalue weighted by atomic mass is 16.6. The van der Waals surface area contributed by atoms with E-state index in [2.05, 4.69) is 93.7 Å². The van der Waals surface area contributed by atoms with Crippen molar-refractivity contribution in [2.75, 3.05) is 13.2 Å². The van der Waals surface area contributed by atoms with Crippen LogP contribution in [0.4, 0.5) is 0 Å². The number of carbonyl (C=O) groups excluding carboxylic acids is 3. The molecule has 1 unspecified atom stereocenters. The third-order valence-electron chi connectivity index (χ3n) is 14.2. The molecule has 434 valence electrons. The summed E-state index contributed by atoms with van der Waals surface area (Å²) in [6.45, 7) is 6.55. The van der Waals surface area contributed by atoms with Crippen LogP contribution in [0.5, 0.6) is 0 Å². The summed E-state index contributed by atoms with van der Waals surface area (Å²) in [7, 11) is 0. The quantitative estimate of drug-likeness (QED) is 0.0261. The second-order valence-electron chi connectivity index (χ2n) is 21.6. The number of hydrogen-bond donors (Lipinski definition) is 0. The number of ether oxygens (including phenoxy) is 3. The Kier molecular flexibility index (Phi) is 60.7. The van der Waals surface area contributed by atoms with Gasteiger partial charge in [0.05, 0.1) is 0 Å². The van der Waals surface area contributed by atoms with E-state index in [4.69, 9.17) is 14.2 Å². The smallest absolute Gasteiger partial charge is 0.306 e. The first-order chi connectivity index (χ1) is 37.0. The van der Waals surface area contributed by atoms with Crippen LogP contribution < -0.4 is 0 Å². The summed E-state index contributed by atoms with van der Waals surface area (Å²) in [4.78, 5) is 38.3. The molecule has 75 heavy (non-hydrogen) atoms. The molecular formula is C69H122O6.